The average Bonchev–Trinajstić information content (AvgIpc) is 3.15. The minimum Gasteiger partial charge on any atom is -0.422 e. The zero-order chi connectivity index (χ0) is 19.3. The van der Waals surface area contributed by atoms with Gasteiger partial charge in [-0.1, -0.05) is 12.1 Å². The summed E-state index contributed by atoms with van der Waals surface area (Å²) in [6.07, 6.45) is 0. The molecule has 2 aromatic carbocycles. The van der Waals surface area contributed by atoms with E-state index in [0.717, 1.165) is 47.5 Å². The van der Waals surface area contributed by atoms with Gasteiger partial charge in [-0.05, 0) is 38.1 Å². The summed E-state index contributed by atoms with van der Waals surface area (Å²) < 4.78 is 6.80. The molecule has 2 aromatic heterocycles. The van der Waals surface area contributed by atoms with E-state index in [1.54, 1.807) is 0 Å². The first-order valence-electron chi connectivity index (χ1n) is 9.65. The average molecular weight is 391 g/mol. The largest absolute Gasteiger partial charge is 0.422 e. The van der Waals surface area contributed by atoms with Gasteiger partial charge in [-0.3, -0.25) is 0 Å². The Morgan fingerprint density at radius 1 is 1.04 bits per heavy atom. The van der Waals surface area contributed by atoms with Crippen molar-refractivity contribution < 1.29 is 4.42 Å². The molecule has 0 saturated heterocycles. The highest BCUT2D eigenvalue weighted by Gasteiger charge is 2.23. The van der Waals surface area contributed by atoms with E-state index in [2.05, 4.69) is 34.7 Å². The second-order valence-electron chi connectivity index (χ2n) is 6.97. The Morgan fingerprint density at radius 3 is 2.46 bits per heavy atom. The molecule has 4 aromatic rings. The van der Waals surface area contributed by atoms with Gasteiger partial charge in [0.15, 0.2) is 0 Å². The lowest BCUT2D eigenvalue weighted by Gasteiger charge is -2.38. The van der Waals surface area contributed by atoms with Gasteiger partial charge in [-0.25, -0.2) is 9.78 Å². The Morgan fingerprint density at radius 2 is 1.75 bits per heavy atom. The second-order valence-corrected chi connectivity index (χ2v) is 8.00. The first kappa shape index (κ1) is 17.3. The van der Waals surface area contributed by atoms with Crippen molar-refractivity contribution in [2.45, 2.75) is 13.8 Å². The van der Waals surface area contributed by atoms with Crippen molar-refractivity contribution in [3.63, 3.8) is 0 Å². The number of fused-ring (bicyclic) bond motifs is 3. The summed E-state index contributed by atoms with van der Waals surface area (Å²) in [5.41, 5.74) is 4.07. The molecule has 0 aliphatic carbocycles. The lowest BCUT2D eigenvalue weighted by atomic mass is 10.1. The molecule has 0 unspecified atom stereocenters. The van der Waals surface area contributed by atoms with E-state index in [1.165, 1.54) is 17.0 Å². The number of likely N-dealkylation sites (N-methyl/N-ethyl adjacent to an activating group) is 2. The third-order valence-corrected chi connectivity index (χ3v) is 6.51. The monoisotopic (exact) mass is 391 g/mol. The van der Waals surface area contributed by atoms with Gasteiger partial charge in [0.2, 0.25) is 0 Å². The van der Waals surface area contributed by atoms with Gasteiger partial charge in [0.05, 0.1) is 27.2 Å². The van der Waals surface area contributed by atoms with E-state index in [0.29, 0.717) is 16.2 Å². The number of nitrogens with zero attached hydrogens (tertiary/aromatic N) is 3. The molecule has 28 heavy (non-hydrogen) atoms. The fraction of sp³-hybridized carbons (Fsp3) is 0.273. The Balaban J connectivity index is 1.71. The normalized spacial score (nSPS) is 14.1. The van der Waals surface area contributed by atoms with E-state index in [4.69, 9.17) is 4.42 Å². The van der Waals surface area contributed by atoms with Crippen molar-refractivity contribution in [3.8, 4) is 10.6 Å². The number of thiazole rings is 1. The van der Waals surface area contributed by atoms with Crippen LogP contribution < -0.4 is 15.4 Å². The van der Waals surface area contributed by atoms with E-state index in [1.807, 2.05) is 36.4 Å². The first-order valence-corrected chi connectivity index (χ1v) is 10.5. The molecule has 0 N–H and O–H groups in total. The van der Waals surface area contributed by atoms with Crippen LogP contribution in [0, 0.1) is 0 Å². The van der Waals surface area contributed by atoms with Crippen LogP contribution in [0.3, 0.4) is 0 Å². The Labute approximate surface area is 166 Å². The van der Waals surface area contributed by atoms with Crippen molar-refractivity contribution in [1.82, 2.24) is 4.98 Å². The summed E-state index contributed by atoms with van der Waals surface area (Å²) in [7, 11) is 0. The maximum atomic E-state index is 12.7. The van der Waals surface area contributed by atoms with Gasteiger partial charge in [0, 0.05) is 37.6 Å². The van der Waals surface area contributed by atoms with Gasteiger partial charge < -0.3 is 14.2 Å². The maximum absolute atomic E-state index is 12.7. The van der Waals surface area contributed by atoms with Crippen LogP contribution in [0.15, 0.2) is 51.7 Å². The van der Waals surface area contributed by atoms with Crippen molar-refractivity contribution in [2.75, 3.05) is 36.0 Å². The minimum absolute atomic E-state index is 0.335. The molecule has 1 aliphatic rings. The van der Waals surface area contributed by atoms with Crippen LogP contribution >= 0.6 is 11.3 Å². The number of hydrogen-bond donors (Lipinski definition) is 0. The molecule has 5 rings (SSSR count). The fourth-order valence-corrected chi connectivity index (χ4v) is 4.90. The van der Waals surface area contributed by atoms with Crippen molar-refractivity contribution in [2.24, 2.45) is 0 Å². The molecule has 0 fully saturated rings. The highest BCUT2D eigenvalue weighted by Crippen LogP contribution is 2.37. The van der Waals surface area contributed by atoms with Crippen LogP contribution in [0.5, 0.6) is 0 Å². The van der Waals surface area contributed by atoms with Crippen LogP contribution in [0.4, 0.5) is 11.4 Å². The number of anilines is 2. The standard InChI is InChI=1S/C22H21N3O2S/c1-3-24-9-10-25(4-2)18-13-19-14(12-17(18)24)11-15(22(26)27-19)21-23-16-7-5-6-8-20(16)28-21/h5-8,11-13H,3-4,9-10H2,1-2H3. The van der Waals surface area contributed by atoms with Gasteiger partial charge in [-0.2, -0.15) is 0 Å². The fourth-order valence-electron chi connectivity index (χ4n) is 3.93. The summed E-state index contributed by atoms with van der Waals surface area (Å²) in [6.45, 7) is 8.21. The smallest absolute Gasteiger partial charge is 0.346 e. The predicted octanol–water partition coefficient (Wildman–Crippen LogP) is 4.74. The molecular weight excluding hydrogens is 370 g/mol. The summed E-state index contributed by atoms with van der Waals surface area (Å²) in [5.74, 6) is 0. The van der Waals surface area contributed by atoms with Crippen LogP contribution in [0.2, 0.25) is 0 Å². The molecule has 0 atom stereocenters. The van der Waals surface area contributed by atoms with Crippen LogP contribution in [-0.4, -0.2) is 31.2 Å². The molecule has 0 amide bonds. The maximum Gasteiger partial charge on any atom is 0.346 e. The van der Waals surface area contributed by atoms with Gasteiger partial charge in [0.1, 0.15) is 10.6 Å². The molecule has 5 nitrogen and oxygen atoms in total. The van der Waals surface area contributed by atoms with E-state index >= 15 is 0 Å². The summed E-state index contributed by atoms with van der Waals surface area (Å²) in [6, 6.07) is 14.0. The zero-order valence-corrected chi connectivity index (χ0v) is 16.8. The Hall–Kier alpha value is -2.86. The lowest BCUT2D eigenvalue weighted by Crippen LogP contribution is -2.40. The Kier molecular flexibility index (Phi) is 4.09. The third-order valence-electron chi connectivity index (χ3n) is 5.44. The zero-order valence-electron chi connectivity index (χ0n) is 15.9. The molecule has 0 bridgehead atoms. The van der Waals surface area contributed by atoms with E-state index in [-0.39, 0.29) is 5.63 Å². The van der Waals surface area contributed by atoms with Crippen molar-refractivity contribution in [1.29, 1.82) is 0 Å². The quantitative estimate of drug-likeness (QED) is 0.472. The predicted molar refractivity (Wildman–Crippen MR) is 117 cm³/mol. The van der Waals surface area contributed by atoms with Crippen LogP contribution in [0.1, 0.15) is 13.8 Å². The molecular formula is C22H21N3O2S. The minimum atomic E-state index is -0.335. The van der Waals surface area contributed by atoms with Gasteiger partial charge in [0.25, 0.3) is 0 Å². The van der Waals surface area contributed by atoms with Gasteiger partial charge in [-0.15, -0.1) is 11.3 Å². The lowest BCUT2D eigenvalue weighted by molar-refractivity contribution is 0.563. The first-order chi connectivity index (χ1) is 13.7. The molecule has 6 heteroatoms. The van der Waals surface area contributed by atoms with Crippen molar-refractivity contribution >= 4 is 43.9 Å². The van der Waals surface area contributed by atoms with E-state index < -0.39 is 0 Å². The number of aromatic nitrogens is 1. The molecule has 0 saturated carbocycles. The van der Waals surface area contributed by atoms with E-state index in [9.17, 15) is 4.79 Å². The molecule has 0 spiro atoms. The molecule has 1 aliphatic heterocycles. The summed E-state index contributed by atoms with van der Waals surface area (Å²) >= 11 is 1.52. The molecule has 3 heterocycles. The molecule has 142 valence electrons. The second kappa shape index (κ2) is 6.63. The van der Waals surface area contributed by atoms with Crippen LogP contribution in [-0.2, 0) is 0 Å². The molecule has 0 radical (unpaired) electrons. The van der Waals surface area contributed by atoms with Crippen molar-refractivity contribution in [3.05, 3.63) is 52.9 Å². The number of benzene rings is 2. The van der Waals surface area contributed by atoms with Gasteiger partial charge >= 0.3 is 5.63 Å². The summed E-state index contributed by atoms with van der Waals surface area (Å²) in [5, 5.41) is 1.64. The topological polar surface area (TPSA) is 49.6 Å². The summed E-state index contributed by atoms with van der Waals surface area (Å²) in [4.78, 5) is 22.1. The SMILES string of the molecule is CCN1CCN(CC)c2cc3oc(=O)c(-c4nc5ccccc5s4)cc3cc21. The number of para-hydroxylation sites is 1. The van der Waals surface area contributed by atoms with Crippen LogP contribution in [0.25, 0.3) is 31.8 Å². The third kappa shape index (κ3) is 2.67. The Bertz CT molecular complexity index is 1210. The highest BCUT2D eigenvalue weighted by molar-refractivity contribution is 7.21. The number of hydrogen-bond acceptors (Lipinski definition) is 6. The highest BCUT2D eigenvalue weighted by atomic mass is 32.1. The number of rotatable bonds is 3.